The van der Waals surface area contributed by atoms with Crippen molar-refractivity contribution in [3.8, 4) is 0 Å². The number of carbonyl (C=O) groups excluding carboxylic acids is 1. The van der Waals surface area contributed by atoms with Crippen LogP contribution in [0, 0.1) is 5.92 Å². The van der Waals surface area contributed by atoms with Gasteiger partial charge in [-0.1, -0.05) is 30.3 Å². The van der Waals surface area contributed by atoms with Crippen LogP contribution in [0.4, 0.5) is 13.2 Å². The predicted octanol–water partition coefficient (Wildman–Crippen LogP) is 3.31. The van der Waals surface area contributed by atoms with Gasteiger partial charge in [0, 0.05) is 5.92 Å². The van der Waals surface area contributed by atoms with Gasteiger partial charge < -0.3 is 0 Å². The molecule has 0 aliphatic heterocycles. The van der Waals surface area contributed by atoms with E-state index in [-0.39, 0.29) is 5.92 Å². The molecule has 1 aromatic carbocycles. The predicted molar refractivity (Wildman–Crippen MR) is 53.0 cm³/mol. The van der Waals surface area contributed by atoms with Crippen LogP contribution in [0.2, 0.25) is 0 Å². The lowest BCUT2D eigenvalue weighted by Crippen LogP contribution is -2.16. The molecule has 1 aliphatic carbocycles. The number of benzene rings is 1. The normalized spacial score (nSPS) is 24.2. The number of rotatable bonds is 3. The Hall–Kier alpha value is -1.32. The van der Waals surface area contributed by atoms with E-state index in [0.717, 1.165) is 5.56 Å². The third kappa shape index (κ3) is 2.62. The molecule has 0 saturated heterocycles. The van der Waals surface area contributed by atoms with Crippen molar-refractivity contribution >= 4 is 5.78 Å². The van der Waals surface area contributed by atoms with Gasteiger partial charge in [0.05, 0.1) is 0 Å². The van der Waals surface area contributed by atoms with Gasteiger partial charge >= 0.3 is 6.18 Å². The molecule has 2 rings (SSSR count). The van der Waals surface area contributed by atoms with Crippen molar-refractivity contribution in [2.75, 3.05) is 0 Å². The molecule has 16 heavy (non-hydrogen) atoms. The summed E-state index contributed by atoms with van der Waals surface area (Å²) < 4.78 is 36.0. The third-order valence-corrected chi connectivity index (χ3v) is 2.81. The van der Waals surface area contributed by atoms with Gasteiger partial charge in [0.15, 0.2) is 0 Å². The number of hydrogen-bond donors (Lipinski definition) is 0. The second kappa shape index (κ2) is 3.92. The van der Waals surface area contributed by atoms with Crippen molar-refractivity contribution in [3.63, 3.8) is 0 Å². The second-order valence-corrected chi connectivity index (χ2v) is 4.12. The minimum absolute atomic E-state index is 0.00366. The van der Waals surface area contributed by atoms with E-state index < -0.39 is 24.3 Å². The SMILES string of the molecule is O=C(CC(F)(F)F)C1CC1c1ccccc1. The molecular formula is C12H11F3O. The number of carbonyl (C=O) groups is 1. The molecule has 0 N–H and O–H groups in total. The smallest absolute Gasteiger partial charge is 0.299 e. The van der Waals surface area contributed by atoms with E-state index in [4.69, 9.17) is 0 Å². The molecule has 0 amide bonds. The lowest BCUT2D eigenvalue weighted by molar-refractivity contribution is -0.153. The van der Waals surface area contributed by atoms with E-state index in [1.54, 1.807) is 0 Å². The van der Waals surface area contributed by atoms with Crippen LogP contribution in [0.5, 0.6) is 0 Å². The Morgan fingerprint density at radius 3 is 2.44 bits per heavy atom. The van der Waals surface area contributed by atoms with Gasteiger partial charge in [-0.15, -0.1) is 0 Å². The van der Waals surface area contributed by atoms with Crippen LogP contribution in [0.15, 0.2) is 30.3 Å². The molecule has 0 bridgehead atoms. The maximum absolute atomic E-state index is 12.0. The summed E-state index contributed by atoms with van der Waals surface area (Å²) in [6, 6.07) is 9.22. The summed E-state index contributed by atoms with van der Waals surface area (Å²) in [5, 5.41) is 0. The first-order valence-corrected chi connectivity index (χ1v) is 5.12. The molecular weight excluding hydrogens is 217 g/mol. The van der Waals surface area contributed by atoms with Gasteiger partial charge in [0.2, 0.25) is 0 Å². The van der Waals surface area contributed by atoms with Crippen molar-refractivity contribution in [2.45, 2.75) is 24.9 Å². The number of hydrogen-bond acceptors (Lipinski definition) is 1. The lowest BCUT2D eigenvalue weighted by Gasteiger charge is -2.04. The molecule has 4 heteroatoms. The first kappa shape index (κ1) is 11.2. The number of alkyl halides is 3. The Labute approximate surface area is 91.3 Å². The summed E-state index contributed by atoms with van der Waals surface area (Å²) in [6.07, 6.45) is -5.11. The molecule has 1 fully saturated rings. The molecule has 86 valence electrons. The second-order valence-electron chi connectivity index (χ2n) is 4.12. The van der Waals surface area contributed by atoms with Crippen molar-refractivity contribution in [2.24, 2.45) is 5.92 Å². The third-order valence-electron chi connectivity index (χ3n) is 2.81. The number of halogens is 3. The quantitative estimate of drug-likeness (QED) is 0.775. The highest BCUT2D eigenvalue weighted by Crippen LogP contribution is 2.49. The molecule has 2 atom stereocenters. The molecule has 0 radical (unpaired) electrons. The zero-order valence-corrected chi connectivity index (χ0v) is 8.50. The highest BCUT2D eigenvalue weighted by atomic mass is 19.4. The standard InChI is InChI=1S/C12H11F3O/c13-12(14,15)7-11(16)10-6-9(10)8-4-2-1-3-5-8/h1-5,9-10H,6-7H2. The van der Waals surface area contributed by atoms with E-state index >= 15 is 0 Å². The van der Waals surface area contributed by atoms with Crippen LogP contribution in [-0.2, 0) is 4.79 Å². The summed E-state index contributed by atoms with van der Waals surface area (Å²) >= 11 is 0. The summed E-state index contributed by atoms with van der Waals surface area (Å²) in [7, 11) is 0. The minimum Gasteiger partial charge on any atom is -0.299 e. The zero-order valence-electron chi connectivity index (χ0n) is 8.50. The van der Waals surface area contributed by atoms with Crippen molar-refractivity contribution in [1.29, 1.82) is 0 Å². The average molecular weight is 228 g/mol. The highest BCUT2D eigenvalue weighted by Gasteiger charge is 2.46. The number of Topliss-reactive ketones (excluding diaryl/α,β-unsaturated/α-hetero) is 1. The Morgan fingerprint density at radius 2 is 1.88 bits per heavy atom. The van der Waals surface area contributed by atoms with Gasteiger partial charge in [-0.2, -0.15) is 13.2 Å². The molecule has 1 saturated carbocycles. The molecule has 2 unspecified atom stereocenters. The summed E-state index contributed by atoms with van der Waals surface area (Å²) in [6.45, 7) is 0. The summed E-state index contributed by atoms with van der Waals surface area (Å²) in [5.41, 5.74) is 0.961. The zero-order chi connectivity index (χ0) is 11.8. The Morgan fingerprint density at radius 1 is 1.25 bits per heavy atom. The summed E-state index contributed by atoms with van der Waals surface area (Å²) in [4.78, 5) is 11.3. The molecule has 1 aromatic rings. The van der Waals surface area contributed by atoms with Gasteiger partial charge in [-0.3, -0.25) is 4.79 Å². The first-order chi connectivity index (χ1) is 7.47. The molecule has 1 aliphatic rings. The number of ketones is 1. The topological polar surface area (TPSA) is 17.1 Å². The molecule has 0 spiro atoms. The van der Waals surface area contributed by atoms with Crippen molar-refractivity contribution < 1.29 is 18.0 Å². The Balaban J connectivity index is 1.95. The first-order valence-electron chi connectivity index (χ1n) is 5.12. The van der Waals surface area contributed by atoms with E-state index in [1.807, 2.05) is 30.3 Å². The Bertz CT molecular complexity index is 383. The fourth-order valence-electron chi connectivity index (χ4n) is 1.95. The van der Waals surface area contributed by atoms with Crippen LogP contribution >= 0.6 is 0 Å². The van der Waals surface area contributed by atoms with Crippen LogP contribution < -0.4 is 0 Å². The van der Waals surface area contributed by atoms with Gasteiger partial charge in [-0.25, -0.2) is 0 Å². The van der Waals surface area contributed by atoms with Crippen molar-refractivity contribution in [3.05, 3.63) is 35.9 Å². The lowest BCUT2D eigenvalue weighted by atomic mass is 10.1. The maximum atomic E-state index is 12.0. The van der Waals surface area contributed by atoms with Gasteiger partial charge in [0.25, 0.3) is 0 Å². The molecule has 0 heterocycles. The Kier molecular flexibility index (Phi) is 2.74. The van der Waals surface area contributed by atoms with E-state index in [1.165, 1.54) is 0 Å². The van der Waals surface area contributed by atoms with E-state index in [9.17, 15) is 18.0 Å². The molecule has 0 aromatic heterocycles. The fraction of sp³-hybridized carbons (Fsp3) is 0.417. The molecule has 1 nitrogen and oxygen atoms in total. The van der Waals surface area contributed by atoms with Gasteiger partial charge in [0.1, 0.15) is 12.2 Å². The van der Waals surface area contributed by atoms with Crippen LogP contribution in [0.25, 0.3) is 0 Å². The van der Waals surface area contributed by atoms with Crippen LogP contribution in [-0.4, -0.2) is 12.0 Å². The summed E-state index contributed by atoms with van der Waals surface area (Å²) in [5.74, 6) is -1.11. The average Bonchev–Trinajstić information content (AvgIpc) is 2.96. The van der Waals surface area contributed by atoms with Crippen molar-refractivity contribution in [1.82, 2.24) is 0 Å². The highest BCUT2D eigenvalue weighted by molar-refractivity contribution is 5.85. The monoisotopic (exact) mass is 228 g/mol. The van der Waals surface area contributed by atoms with Crippen LogP contribution in [0.3, 0.4) is 0 Å². The van der Waals surface area contributed by atoms with E-state index in [0.29, 0.717) is 6.42 Å². The maximum Gasteiger partial charge on any atom is 0.395 e. The fourth-order valence-corrected chi connectivity index (χ4v) is 1.95. The largest absolute Gasteiger partial charge is 0.395 e. The van der Waals surface area contributed by atoms with Crippen LogP contribution in [0.1, 0.15) is 24.3 Å². The van der Waals surface area contributed by atoms with Gasteiger partial charge in [-0.05, 0) is 17.9 Å². The minimum atomic E-state index is -4.37. The van der Waals surface area contributed by atoms with E-state index in [2.05, 4.69) is 0 Å².